The molecule has 2 heterocycles. The third-order valence-electron chi connectivity index (χ3n) is 3.07. The van der Waals surface area contributed by atoms with E-state index in [4.69, 9.17) is 20.8 Å². The summed E-state index contributed by atoms with van der Waals surface area (Å²) in [5.74, 6) is 0.287. The number of nitrogens with one attached hydrogen (secondary N) is 2. The summed E-state index contributed by atoms with van der Waals surface area (Å²) in [6.45, 7) is -0.101. The molecule has 28 heavy (non-hydrogen) atoms. The quantitative estimate of drug-likeness (QED) is 0.488. The molecule has 0 unspecified atom stereocenters. The average Bonchev–Trinajstić information content (AvgIpc) is 3.36. The highest BCUT2D eigenvalue weighted by Crippen LogP contribution is 2.18. The Morgan fingerprint density at radius 2 is 2.04 bits per heavy atom. The minimum Gasteiger partial charge on any atom is -0.484 e. The maximum Gasteiger partial charge on any atom is 0.277 e. The summed E-state index contributed by atoms with van der Waals surface area (Å²) in [4.78, 5) is 27.6. The van der Waals surface area contributed by atoms with Crippen LogP contribution in [0.3, 0.4) is 0 Å². The molecule has 12 heteroatoms. The number of thioether (sulfide) groups is 1. The van der Waals surface area contributed by atoms with Crippen molar-refractivity contribution < 1.29 is 18.7 Å². The fourth-order valence-electron chi connectivity index (χ4n) is 1.84. The van der Waals surface area contributed by atoms with E-state index in [9.17, 15) is 9.59 Å². The molecule has 0 radical (unpaired) electrons. The number of halogens is 1. The van der Waals surface area contributed by atoms with Crippen LogP contribution in [-0.2, 0) is 16.1 Å². The highest BCUT2D eigenvalue weighted by Gasteiger charge is 2.12. The summed E-state index contributed by atoms with van der Waals surface area (Å²) in [7, 11) is 0. The summed E-state index contributed by atoms with van der Waals surface area (Å²) >= 11 is 8.20. The van der Waals surface area contributed by atoms with E-state index in [1.807, 2.05) is 0 Å². The molecule has 3 rings (SSSR count). The highest BCUT2D eigenvalue weighted by molar-refractivity contribution is 7.99. The number of amides is 2. The normalized spacial score (nSPS) is 10.5. The second-order valence-corrected chi connectivity index (χ2v) is 7.41. The van der Waals surface area contributed by atoms with Gasteiger partial charge < -0.3 is 19.8 Å². The molecule has 2 aromatic heterocycles. The first-order chi connectivity index (χ1) is 13.6. The molecule has 0 aliphatic heterocycles. The van der Waals surface area contributed by atoms with Crippen LogP contribution in [0.25, 0.3) is 0 Å². The second-order valence-electron chi connectivity index (χ2n) is 5.16. The zero-order valence-corrected chi connectivity index (χ0v) is 16.6. The molecule has 9 nitrogen and oxygen atoms in total. The number of hydrogen-bond acceptors (Lipinski definition) is 9. The van der Waals surface area contributed by atoms with E-state index in [2.05, 4.69) is 25.8 Å². The largest absolute Gasteiger partial charge is 0.484 e. The van der Waals surface area contributed by atoms with Crippen LogP contribution in [0.1, 0.15) is 5.89 Å². The molecule has 0 aliphatic carbocycles. The van der Waals surface area contributed by atoms with Crippen molar-refractivity contribution in [2.24, 2.45) is 0 Å². The number of anilines is 1. The van der Waals surface area contributed by atoms with Crippen molar-refractivity contribution in [1.29, 1.82) is 0 Å². The maximum absolute atomic E-state index is 11.8. The van der Waals surface area contributed by atoms with Gasteiger partial charge in [-0.15, -0.1) is 21.5 Å². The Kier molecular flexibility index (Phi) is 7.23. The second kappa shape index (κ2) is 10.1. The van der Waals surface area contributed by atoms with E-state index >= 15 is 0 Å². The maximum atomic E-state index is 11.8. The van der Waals surface area contributed by atoms with Gasteiger partial charge in [0.25, 0.3) is 11.1 Å². The van der Waals surface area contributed by atoms with Gasteiger partial charge in [-0.2, -0.15) is 0 Å². The van der Waals surface area contributed by atoms with E-state index < -0.39 is 0 Å². The van der Waals surface area contributed by atoms with Gasteiger partial charge in [0.05, 0.1) is 12.3 Å². The zero-order valence-electron chi connectivity index (χ0n) is 14.3. The monoisotopic (exact) mass is 439 g/mol. The Hall–Kier alpha value is -2.63. The molecular formula is C16H14ClN5O4S2. The first-order valence-corrected chi connectivity index (χ1v) is 10.1. The lowest BCUT2D eigenvalue weighted by Gasteiger charge is -2.06. The van der Waals surface area contributed by atoms with Crippen molar-refractivity contribution in [1.82, 2.24) is 20.5 Å². The molecule has 0 atom stereocenters. The van der Waals surface area contributed by atoms with Crippen LogP contribution in [0.5, 0.6) is 5.75 Å². The van der Waals surface area contributed by atoms with E-state index in [1.54, 1.807) is 35.8 Å². The predicted octanol–water partition coefficient (Wildman–Crippen LogP) is 2.61. The van der Waals surface area contributed by atoms with Gasteiger partial charge in [0.15, 0.2) is 11.7 Å². The van der Waals surface area contributed by atoms with Gasteiger partial charge in [0, 0.05) is 16.6 Å². The number of hydrogen-bond donors (Lipinski definition) is 2. The molecule has 0 bridgehead atoms. The van der Waals surface area contributed by atoms with Gasteiger partial charge in [0.1, 0.15) is 5.75 Å². The minimum atomic E-state index is -0.342. The molecule has 0 saturated heterocycles. The number of nitrogens with zero attached hydrogens (tertiary/aromatic N) is 3. The fraction of sp³-hybridized carbons (Fsp3) is 0.188. The van der Waals surface area contributed by atoms with Crippen LogP contribution in [0.4, 0.5) is 5.13 Å². The smallest absolute Gasteiger partial charge is 0.277 e. The van der Waals surface area contributed by atoms with Crippen LogP contribution in [0.15, 0.2) is 45.5 Å². The number of carbonyl (C=O) groups excluding carboxylic acids is 2. The number of carbonyl (C=O) groups is 2. The van der Waals surface area contributed by atoms with Gasteiger partial charge in [-0.1, -0.05) is 23.4 Å². The number of benzene rings is 1. The lowest BCUT2D eigenvalue weighted by Crippen LogP contribution is -2.28. The molecule has 0 saturated carbocycles. The van der Waals surface area contributed by atoms with Crippen molar-refractivity contribution >= 4 is 51.6 Å². The number of aromatic nitrogens is 3. The Bertz CT molecular complexity index is 918. The Morgan fingerprint density at radius 3 is 2.79 bits per heavy atom. The van der Waals surface area contributed by atoms with Crippen LogP contribution in [0, 0.1) is 0 Å². The molecule has 3 aromatic rings. The van der Waals surface area contributed by atoms with Crippen molar-refractivity contribution in [2.75, 3.05) is 17.7 Å². The van der Waals surface area contributed by atoms with Gasteiger partial charge in [-0.3, -0.25) is 9.59 Å². The standard InChI is InChI=1S/C16H14ClN5O4S2/c17-10-1-3-11(4-2-10)25-8-12(23)19-7-14-21-22-16(26-14)28-9-13(24)20-15-18-5-6-27-15/h1-6H,7-9H2,(H,19,23)(H,18,20,24). The predicted molar refractivity (Wildman–Crippen MR) is 105 cm³/mol. The summed E-state index contributed by atoms with van der Waals surface area (Å²) in [5.41, 5.74) is 0. The summed E-state index contributed by atoms with van der Waals surface area (Å²) in [6, 6.07) is 6.68. The Balaban J connectivity index is 1.36. The molecule has 146 valence electrons. The third kappa shape index (κ3) is 6.51. The van der Waals surface area contributed by atoms with E-state index in [0.29, 0.717) is 15.9 Å². The van der Waals surface area contributed by atoms with Gasteiger partial charge >= 0.3 is 0 Å². The Morgan fingerprint density at radius 1 is 1.21 bits per heavy atom. The fourth-order valence-corrected chi connectivity index (χ4v) is 3.09. The van der Waals surface area contributed by atoms with Gasteiger partial charge in [-0.25, -0.2) is 4.98 Å². The van der Waals surface area contributed by atoms with Crippen LogP contribution >= 0.6 is 34.7 Å². The van der Waals surface area contributed by atoms with Crippen molar-refractivity contribution in [3.63, 3.8) is 0 Å². The minimum absolute atomic E-state index is 0.0572. The number of ether oxygens (including phenoxy) is 1. The molecule has 2 amide bonds. The molecule has 0 spiro atoms. The first-order valence-electron chi connectivity index (χ1n) is 7.88. The molecule has 0 fully saturated rings. The summed E-state index contributed by atoms with van der Waals surface area (Å²) in [6.07, 6.45) is 1.60. The first kappa shape index (κ1) is 20.1. The third-order valence-corrected chi connectivity index (χ3v) is 4.83. The zero-order chi connectivity index (χ0) is 19.8. The van der Waals surface area contributed by atoms with Crippen molar-refractivity contribution in [2.45, 2.75) is 11.8 Å². The Labute approximate surface area is 172 Å². The lowest BCUT2D eigenvalue weighted by molar-refractivity contribution is -0.123. The van der Waals surface area contributed by atoms with Crippen molar-refractivity contribution in [3.8, 4) is 5.75 Å². The van der Waals surface area contributed by atoms with Gasteiger partial charge in [-0.05, 0) is 24.3 Å². The van der Waals surface area contributed by atoms with Crippen LogP contribution in [0.2, 0.25) is 5.02 Å². The van der Waals surface area contributed by atoms with Crippen molar-refractivity contribution in [3.05, 3.63) is 46.8 Å². The highest BCUT2D eigenvalue weighted by atomic mass is 35.5. The summed E-state index contributed by atoms with van der Waals surface area (Å²) in [5, 5.41) is 16.0. The van der Waals surface area contributed by atoms with Gasteiger partial charge in [0.2, 0.25) is 11.8 Å². The lowest BCUT2D eigenvalue weighted by atomic mass is 10.3. The molecular weight excluding hydrogens is 426 g/mol. The number of thiazole rings is 1. The SMILES string of the molecule is O=C(COc1ccc(Cl)cc1)NCc1nnc(SCC(=O)Nc2nccs2)o1. The molecule has 2 N–H and O–H groups in total. The van der Waals surface area contributed by atoms with E-state index in [-0.39, 0.29) is 41.8 Å². The molecule has 1 aromatic carbocycles. The van der Waals surface area contributed by atoms with E-state index in [1.165, 1.54) is 11.3 Å². The average molecular weight is 440 g/mol. The molecule has 0 aliphatic rings. The van der Waals surface area contributed by atoms with E-state index in [0.717, 1.165) is 11.8 Å². The topological polar surface area (TPSA) is 119 Å². The summed E-state index contributed by atoms with van der Waals surface area (Å²) < 4.78 is 10.7. The van der Waals surface area contributed by atoms with Crippen LogP contribution in [-0.4, -0.2) is 39.4 Å². The van der Waals surface area contributed by atoms with Crippen LogP contribution < -0.4 is 15.4 Å². The number of rotatable bonds is 9.